The van der Waals surface area contributed by atoms with Gasteiger partial charge in [-0.05, 0) is 30.0 Å². The zero-order valence-corrected chi connectivity index (χ0v) is 21.3. The van der Waals surface area contributed by atoms with Gasteiger partial charge in [0.25, 0.3) is 0 Å². The summed E-state index contributed by atoms with van der Waals surface area (Å²) in [6.07, 6.45) is 1.43. The van der Waals surface area contributed by atoms with Crippen LogP contribution in [0, 0.1) is 5.92 Å². The van der Waals surface area contributed by atoms with Crippen LogP contribution in [0.4, 0.5) is 5.69 Å². The van der Waals surface area contributed by atoms with Gasteiger partial charge >= 0.3 is 0 Å². The minimum atomic E-state index is -3.82. The van der Waals surface area contributed by atoms with E-state index >= 15 is 0 Å². The summed E-state index contributed by atoms with van der Waals surface area (Å²) in [4.78, 5) is 28.1. The number of carbonyl (C=O) groups is 2. The quantitative estimate of drug-likeness (QED) is 0.494. The van der Waals surface area contributed by atoms with Gasteiger partial charge in [-0.2, -0.15) is 0 Å². The lowest BCUT2D eigenvalue weighted by Crippen LogP contribution is -2.52. The van der Waals surface area contributed by atoms with Crippen LogP contribution in [0.15, 0.2) is 54.6 Å². The average molecular weight is 490 g/mol. The minimum absolute atomic E-state index is 0.177. The summed E-state index contributed by atoms with van der Waals surface area (Å²) in [5.74, 6) is -0.154. The molecular formula is C25H35N3O5S. The van der Waals surface area contributed by atoms with Crippen molar-refractivity contribution in [2.75, 3.05) is 30.8 Å². The molecular weight excluding hydrogens is 454 g/mol. The van der Waals surface area contributed by atoms with Gasteiger partial charge in [0, 0.05) is 13.1 Å². The highest BCUT2D eigenvalue weighted by Gasteiger charge is 2.32. The van der Waals surface area contributed by atoms with Gasteiger partial charge in [-0.1, -0.05) is 63.2 Å². The normalized spacial score (nSPS) is 12.2. The third-order valence-electron chi connectivity index (χ3n) is 5.30. The first-order chi connectivity index (χ1) is 16.1. The van der Waals surface area contributed by atoms with Gasteiger partial charge in [0.05, 0.1) is 19.1 Å². The number of anilines is 1. The number of amides is 2. The summed E-state index contributed by atoms with van der Waals surface area (Å²) in [7, 11) is -2.38. The predicted molar refractivity (Wildman–Crippen MR) is 134 cm³/mol. The van der Waals surface area contributed by atoms with Crippen molar-refractivity contribution in [1.82, 2.24) is 10.2 Å². The van der Waals surface area contributed by atoms with Crippen LogP contribution < -0.4 is 14.4 Å². The number of nitrogens with one attached hydrogen (secondary N) is 1. The maximum absolute atomic E-state index is 13.6. The smallest absolute Gasteiger partial charge is 0.244 e. The molecule has 0 bridgehead atoms. The summed E-state index contributed by atoms with van der Waals surface area (Å²) in [6.45, 7) is 6.02. The number of hydrogen-bond donors (Lipinski definition) is 1. The summed E-state index contributed by atoms with van der Waals surface area (Å²) >= 11 is 0. The molecule has 0 aliphatic carbocycles. The van der Waals surface area contributed by atoms with E-state index in [1.807, 2.05) is 51.1 Å². The van der Waals surface area contributed by atoms with Crippen LogP contribution in [0.2, 0.25) is 0 Å². The molecule has 34 heavy (non-hydrogen) atoms. The zero-order chi connectivity index (χ0) is 25.3. The lowest BCUT2D eigenvalue weighted by molar-refractivity contribution is -0.140. The fraction of sp³-hybridized carbons (Fsp3) is 0.440. The van der Waals surface area contributed by atoms with E-state index in [4.69, 9.17) is 4.74 Å². The molecule has 9 heteroatoms. The summed E-state index contributed by atoms with van der Waals surface area (Å²) in [5.41, 5.74) is 1.10. The standard InChI is InChI=1S/C25H35N3O5S/c1-6-21(25(30)26-16-19(2)3)27(17-20-12-8-7-9-13-20)24(29)18-28(34(5,31)32)22-14-10-11-15-23(22)33-4/h7-15,19,21H,6,16-18H2,1-5H3,(H,26,30)/t21-/m0/s1. The van der Waals surface area contributed by atoms with E-state index in [0.29, 0.717) is 18.7 Å². The van der Waals surface area contributed by atoms with Crippen LogP contribution in [0.1, 0.15) is 32.8 Å². The van der Waals surface area contributed by atoms with Gasteiger partial charge in [0.2, 0.25) is 21.8 Å². The number of hydrogen-bond acceptors (Lipinski definition) is 5. The Kier molecular flexibility index (Phi) is 9.92. The monoisotopic (exact) mass is 489 g/mol. The molecule has 0 saturated carbocycles. The number of ether oxygens (including phenoxy) is 1. The molecule has 8 nitrogen and oxygen atoms in total. The third kappa shape index (κ3) is 7.48. The molecule has 2 amide bonds. The molecule has 186 valence electrons. The number of carbonyl (C=O) groups excluding carboxylic acids is 2. The first-order valence-corrected chi connectivity index (χ1v) is 13.1. The molecule has 0 saturated heterocycles. The van der Waals surface area contributed by atoms with Crippen molar-refractivity contribution in [1.29, 1.82) is 0 Å². The Morgan fingerprint density at radius 2 is 1.65 bits per heavy atom. The summed E-state index contributed by atoms with van der Waals surface area (Å²) in [6, 6.07) is 15.2. The van der Waals surface area contributed by atoms with E-state index in [1.165, 1.54) is 12.0 Å². The number of nitrogens with zero attached hydrogens (tertiary/aromatic N) is 2. The fourth-order valence-electron chi connectivity index (χ4n) is 3.55. The van der Waals surface area contributed by atoms with Gasteiger partial charge in [0.1, 0.15) is 18.3 Å². The SMILES string of the molecule is CC[C@@H](C(=O)NCC(C)C)N(Cc1ccccc1)C(=O)CN(c1ccccc1OC)S(C)(=O)=O. The topological polar surface area (TPSA) is 96.0 Å². The van der Waals surface area contributed by atoms with Crippen molar-refractivity contribution in [3.05, 3.63) is 60.2 Å². The van der Waals surface area contributed by atoms with Crippen molar-refractivity contribution in [3.8, 4) is 5.75 Å². The summed E-state index contributed by atoms with van der Waals surface area (Å²) < 4.78 is 31.7. The summed E-state index contributed by atoms with van der Waals surface area (Å²) in [5, 5.41) is 2.90. The van der Waals surface area contributed by atoms with Gasteiger partial charge < -0.3 is 15.0 Å². The second-order valence-corrected chi connectivity index (χ2v) is 10.4. The first kappa shape index (κ1) is 27.2. The Labute approximate surface area is 202 Å². The van der Waals surface area contributed by atoms with Gasteiger partial charge in [-0.3, -0.25) is 13.9 Å². The van der Waals surface area contributed by atoms with Crippen molar-refractivity contribution < 1.29 is 22.7 Å². The van der Waals surface area contributed by atoms with Gasteiger partial charge in [-0.25, -0.2) is 8.42 Å². The molecule has 0 spiro atoms. The van der Waals surface area contributed by atoms with E-state index in [9.17, 15) is 18.0 Å². The Morgan fingerprint density at radius 3 is 2.21 bits per heavy atom. The van der Waals surface area contributed by atoms with Crippen LogP contribution >= 0.6 is 0 Å². The van der Waals surface area contributed by atoms with Crippen LogP contribution in [0.25, 0.3) is 0 Å². The molecule has 0 aliphatic heterocycles. The van der Waals surface area contributed by atoms with Gasteiger partial charge in [-0.15, -0.1) is 0 Å². The molecule has 0 fully saturated rings. The largest absolute Gasteiger partial charge is 0.495 e. The molecule has 2 aromatic carbocycles. The Hall–Kier alpha value is -3.07. The third-order valence-corrected chi connectivity index (χ3v) is 6.43. The first-order valence-electron chi connectivity index (χ1n) is 11.3. The lowest BCUT2D eigenvalue weighted by Gasteiger charge is -2.33. The second-order valence-electron chi connectivity index (χ2n) is 8.51. The molecule has 1 N–H and O–H groups in total. The maximum atomic E-state index is 13.6. The number of para-hydroxylation sites is 2. The maximum Gasteiger partial charge on any atom is 0.244 e. The van der Waals surface area contributed by atoms with Crippen LogP contribution in [0.5, 0.6) is 5.75 Å². The van der Waals surface area contributed by atoms with Crippen LogP contribution in [0.3, 0.4) is 0 Å². The van der Waals surface area contributed by atoms with Crippen molar-refractivity contribution >= 4 is 27.5 Å². The van der Waals surface area contributed by atoms with E-state index < -0.39 is 28.5 Å². The molecule has 0 aliphatic rings. The predicted octanol–water partition coefficient (Wildman–Crippen LogP) is 3.04. The molecule has 0 heterocycles. The molecule has 2 aromatic rings. The highest BCUT2D eigenvalue weighted by molar-refractivity contribution is 7.92. The van der Waals surface area contributed by atoms with Crippen LogP contribution in [-0.4, -0.2) is 57.6 Å². The van der Waals surface area contributed by atoms with Crippen molar-refractivity contribution in [3.63, 3.8) is 0 Å². The van der Waals surface area contributed by atoms with E-state index in [0.717, 1.165) is 16.1 Å². The minimum Gasteiger partial charge on any atom is -0.495 e. The molecule has 0 aromatic heterocycles. The Balaban J connectivity index is 2.43. The Bertz CT molecular complexity index is 1060. The number of rotatable bonds is 12. The Morgan fingerprint density at radius 1 is 1.03 bits per heavy atom. The average Bonchev–Trinajstić information content (AvgIpc) is 2.80. The second kappa shape index (κ2) is 12.4. The van der Waals surface area contributed by atoms with Crippen molar-refractivity contribution in [2.24, 2.45) is 5.92 Å². The lowest BCUT2D eigenvalue weighted by atomic mass is 10.1. The molecule has 0 radical (unpaired) electrons. The van der Waals surface area contributed by atoms with Crippen molar-refractivity contribution in [2.45, 2.75) is 39.8 Å². The number of sulfonamides is 1. The molecule has 0 unspecified atom stereocenters. The van der Waals surface area contributed by atoms with E-state index in [1.54, 1.807) is 24.3 Å². The zero-order valence-electron chi connectivity index (χ0n) is 20.5. The van der Waals surface area contributed by atoms with Gasteiger partial charge in [0.15, 0.2) is 0 Å². The highest BCUT2D eigenvalue weighted by Crippen LogP contribution is 2.29. The van der Waals surface area contributed by atoms with Crippen LogP contribution in [-0.2, 0) is 26.2 Å². The molecule has 2 rings (SSSR count). The van der Waals surface area contributed by atoms with E-state index in [2.05, 4.69) is 5.32 Å². The fourth-order valence-corrected chi connectivity index (χ4v) is 4.41. The number of methoxy groups -OCH3 is 1. The van der Waals surface area contributed by atoms with E-state index in [-0.39, 0.29) is 24.1 Å². The molecule has 1 atom stereocenters. The highest BCUT2D eigenvalue weighted by atomic mass is 32.2. The number of benzene rings is 2.